The Hall–Kier alpha value is -3.78. The molecule has 0 spiro atoms. The van der Waals surface area contributed by atoms with Crippen molar-refractivity contribution in [3.05, 3.63) is 112 Å². The predicted octanol–water partition coefficient (Wildman–Crippen LogP) is 11.3. The lowest BCUT2D eigenvalue weighted by Crippen LogP contribution is -2.05. The van der Waals surface area contributed by atoms with E-state index in [4.69, 9.17) is 51.1 Å². The van der Waals surface area contributed by atoms with Crippen molar-refractivity contribution in [2.75, 3.05) is 0 Å². The van der Waals surface area contributed by atoms with Crippen LogP contribution in [0.5, 0.6) is 11.5 Å². The molecule has 43 heavy (non-hydrogen) atoms. The summed E-state index contributed by atoms with van der Waals surface area (Å²) in [5.74, 6) is -0.682. The largest absolute Gasteiger partial charge is 0.456 e. The maximum Gasteiger partial charge on any atom is 0.416 e. The zero-order valence-corrected chi connectivity index (χ0v) is 23.5. The Bertz CT molecular complexity index is 1670. The molecule has 17 heteroatoms. The van der Waals surface area contributed by atoms with Gasteiger partial charge in [-0.25, -0.2) is 0 Å². The quantitative estimate of drug-likeness (QED) is 0.114. The van der Waals surface area contributed by atoms with Gasteiger partial charge in [-0.15, -0.1) is 0 Å². The number of nitrogens with zero attached hydrogens (tertiary/aromatic N) is 2. The summed E-state index contributed by atoms with van der Waals surface area (Å²) in [5.41, 5.74) is -4.73. The van der Waals surface area contributed by atoms with Crippen LogP contribution in [-0.4, -0.2) is 9.85 Å². The van der Waals surface area contributed by atoms with E-state index in [0.717, 1.165) is 36.4 Å². The van der Waals surface area contributed by atoms with Gasteiger partial charge in [-0.05, 0) is 36.4 Å². The van der Waals surface area contributed by atoms with Gasteiger partial charge in [0, 0.05) is 33.3 Å². The monoisotopic (exact) mass is 684 g/mol. The second-order valence-corrected chi connectivity index (χ2v) is 10.1. The molecule has 0 unspecified atom stereocenters. The Kier molecular flexibility index (Phi) is 8.76. The van der Waals surface area contributed by atoms with Crippen LogP contribution in [0, 0.1) is 20.2 Å². The highest BCUT2D eigenvalue weighted by molar-refractivity contribution is 6.39. The third kappa shape index (κ3) is 6.44. The molecule has 7 nitrogen and oxygen atoms in total. The number of benzene rings is 4. The molecular formula is C26H10Cl4F6N2O5. The van der Waals surface area contributed by atoms with Gasteiger partial charge in [-0.1, -0.05) is 58.5 Å². The highest BCUT2D eigenvalue weighted by atomic mass is 35.5. The molecule has 4 rings (SSSR count). The Morgan fingerprint density at radius 3 is 1.21 bits per heavy atom. The van der Waals surface area contributed by atoms with Gasteiger partial charge in [-0.3, -0.25) is 20.2 Å². The molecule has 4 aromatic rings. The van der Waals surface area contributed by atoms with Crippen LogP contribution in [0.15, 0.2) is 60.7 Å². The average molecular weight is 686 g/mol. The summed E-state index contributed by atoms with van der Waals surface area (Å²) in [5, 5.41) is 21.0. The number of nitro benzene ring substituents is 2. The van der Waals surface area contributed by atoms with Gasteiger partial charge >= 0.3 is 12.4 Å². The van der Waals surface area contributed by atoms with E-state index in [1.54, 1.807) is 0 Å². The van der Waals surface area contributed by atoms with Crippen molar-refractivity contribution in [1.82, 2.24) is 0 Å². The second-order valence-electron chi connectivity index (χ2n) is 8.54. The minimum absolute atomic E-state index is 0.222. The topological polar surface area (TPSA) is 95.5 Å². The zero-order valence-electron chi connectivity index (χ0n) is 20.5. The normalized spacial score (nSPS) is 11.9. The third-order valence-electron chi connectivity index (χ3n) is 5.91. The van der Waals surface area contributed by atoms with Gasteiger partial charge in [0.05, 0.1) is 32.1 Å². The molecule has 0 heterocycles. The van der Waals surface area contributed by atoms with Crippen LogP contribution < -0.4 is 4.74 Å². The zero-order chi connectivity index (χ0) is 32.0. The number of hydrogen-bond donors (Lipinski definition) is 0. The van der Waals surface area contributed by atoms with Gasteiger partial charge in [0.1, 0.15) is 21.5 Å². The molecular weight excluding hydrogens is 676 g/mol. The van der Waals surface area contributed by atoms with Gasteiger partial charge in [0.15, 0.2) is 0 Å². The van der Waals surface area contributed by atoms with Crippen LogP contribution in [0.25, 0.3) is 22.3 Å². The minimum Gasteiger partial charge on any atom is -0.456 e. The molecule has 4 aromatic carbocycles. The first-order valence-electron chi connectivity index (χ1n) is 11.3. The number of halogens is 10. The highest BCUT2D eigenvalue weighted by Gasteiger charge is 2.34. The molecule has 0 radical (unpaired) electrons. The van der Waals surface area contributed by atoms with Crippen molar-refractivity contribution in [3.63, 3.8) is 0 Å². The van der Waals surface area contributed by atoms with Crippen molar-refractivity contribution >= 4 is 57.8 Å². The number of hydrogen-bond acceptors (Lipinski definition) is 5. The lowest BCUT2D eigenvalue weighted by Gasteiger charge is -2.19. The summed E-state index contributed by atoms with van der Waals surface area (Å²) in [6.45, 7) is 0. The summed E-state index contributed by atoms with van der Waals surface area (Å²) in [7, 11) is 0. The summed E-state index contributed by atoms with van der Waals surface area (Å²) < 4.78 is 85.4. The van der Waals surface area contributed by atoms with Crippen molar-refractivity contribution in [2.45, 2.75) is 12.4 Å². The Morgan fingerprint density at radius 1 is 0.581 bits per heavy atom. The minimum atomic E-state index is -4.78. The van der Waals surface area contributed by atoms with Crippen LogP contribution in [0.1, 0.15) is 11.1 Å². The Balaban J connectivity index is 1.98. The molecule has 224 valence electrons. The summed E-state index contributed by atoms with van der Waals surface area (Å²) in [6, 6.07) is 8.11. The Morgan fingerprint density at radius 2 is 0.930 bits per heavy atom. The molecule has 0 aliphatic heterocycles. The smallest absolute Gasteiger partial charge is 0.416 e. The van der Waals surface area contributed by atoms with Gasteiger partial charge < -0.3 is 4.74 Å². The molecule has 0 atom stereocenters. The molecule has 0 N–H and O–H groups in total. The average Bonchev–Trinajstić information content (AvgIpc) is 2.88. The van der Waals surface area contributed by atoms with E-state index in [1.165, 1.54) is 0 Å². The number of nitro groups is 2. The van der Waals surface area contributed by atoms with E-state index >= 15 is 0 Å². The Labute approximate surface area is 256 Å². The standard InChI is InChI=1S/C26H10Cl4F6N2O5/c27-15-9-11(25(31,32)33)1-3-13(15)21-19(7-5-17(23(21)29)37(39)40)43-20-8-6-18(38(41)42)24(30)22(20)14-4-2-12(10-16(14)28)26(34,35)36/h1-10H. The van der Waals surface area contributed by atoms with Crippen molar-refractivity contribution in [3.8, 4) is 33.8 Å². The molecule has 0 fully saturated rings. The van der Waals surface area contributed by atoms with Gasteiger partial charge in [0.2, 0.25) is 0 Å². The fourth-order valence-electron chi connectivity index (χ4n) is 3.96. The lowest BCUT2D eigenvalue weighted by molar-refractivity contribution is -0.384. The molecule has 0 bridgehead atoms. The number of rotatable bonds is 6. The lowest BCUT2D eigenvalue weighted by atomic mass is 10.00. The van der Waals surface area contributed by atoms with Crippen molar-refractivity contribution < 1.29 is 40.9 Å². The van der Waals surface area contributed by atoms with E-state index in [0.29, 0.717) is 24.3 Å². The van der Waals surface area contributed by atoms with Crippen LogP contribution in [0.2, 0.25) is 20.1 Å². The van der Waals surface area contributed by atoms with E-state index in [9.17, 15) is 46.6 Å². The van der Waals surface area contributed by atoms with E-state index in [2.05, 4.69) is 0 Å². The SMILES string of the molecule is O=[N+]([O-])c1ccc(Oc2ccc([N+](=O)[O-])c(Cl)c2-c2ccc(C(F)(F)F)cc2Cl)c(-c2ccc(C(F)(F)F)cc2Cl)c1Cl. The first-order valence-corrected chi connectivity index (χ1v) is 12.8. The van der Waals surface area contributed by atoms with Crippen LogP contribution >= 0.6 is 46.4 Å². The van der Waals surface area contributed by atoms with Crippen LogP contribution in [0.4, 0.5) is 37.7 Å². The molecule has 0 aromatic heterocycles. The van der Waals surface area contributed by atoms with Gasteiger partial charge in [-0.2, -0.15) is 26.3 Å². The number of ether oxygens (including phenoxy) is 1. The maximum absolute atomic E-state index is 13.2. The molecule has 0 saturated heterocycles. The van der Waals surface area contributed by atoms with Crippen LogP contribution in [0.3, 0.4) is 0 Å². The molecule has 0 saturated carbocycles. The molecule has 0 amide bonds. The molecule has 0 aliphatic rings. The molecule has 0 aliphatic carbocycles. The fourth-order valence-corrected chi connectivity index (χ4v) is 5.16. The fraction of sp³-hybridized carbons (Fsp3) is 0.0769. The highest BCUT2D eigenvalue weighted by Crippen LogP contribution is 2.51. The predicted molar refractivity (Wildman–Crippen MR) is 147 cm³/mol. The van der Waals surface area contributed by atoms with E-state index < -0.39 is 64.8 Å². The van der Waals surface area contributed by atoms with Gasteiger partial charge in [0.25, 0.3) is 11.4 Å². The van der Waals surface area contributed by atoms with E-state index in [1.807, 2.05) is 0 Å². The summed E-state index contributed by atoms with van der Waals surface area (Å²) >= 11 is 24.9. The summed E-state index contributed by atoms with van der Waals surface area (Å²) in [4.78, 5) is 21.4. The first-order chi connectivity index (χ1) is 19.9. The third-order valence-corrected chi connectivity index (χ3v) is 7.30. The number of alkyl halides is 6. The van der Waals surface area contributed by atoms with Crippen molar-refractivity contribution in [2.24, 2.45) is 0 Å². The van der Waals surface area contributed by atoms with E-state index in [-0.39, 0.29) is 33.8 Å². The summed E-state index contributed by atoms with van der Waals surface area (Å²) in [6.07, 6.45) is -9.56. The maximum atomic E-state index is 13.2. The first kappa shape index (κ1) is 32.1. The van der Waals surface area contributed by atoms with Crippen molar-refractivity contribution in [1.29, 1.82) is 0 Å². The van der Waals surface area contributed by atoms with Crippen LogP contribution in [-0.2, 0) is 12.4 Å². The second kappa shape index (κ2) is 11.7.